The van der Waals surface area contributed by atoms with E-state index in [1.807, 2.05) is 12.4 Å². The van der Waals surface area contributed by atoms with Crippen LogP contribution in [0, 0.1) is 0 Å². The van der Waals surface area contributed by atoms with Crippen molar-refractivity contribution in [2.24, 2.45) is 0 Å². The van der Waals surface area contributed by atoms with Crippen LogP contribution in [0.25, 0.3) is 0 Å². The molecule has 2 atom stereocenters. The average Bonchev–Trinajstić information content (AvgIpc) is 2.91. The number of aryl methyl sites for hydroxylation is 1. The van der Waals surface area contributed by atoms with E-state index < -0.39 is 0 Å². The standard InChI is InChI=1S/C12H21N3O2/c1-10-11(4-9-17-10)14-12-13-5-7-15(12)6-3-8-16-2/h5,7,10-11H,3-4,6,8-9H2,1-2H3,(H,13,14). The number of anilines is 1. The second-order valence-corrected chi connectivity index (χ2v) is 4.41. The third-order valence-electron chi connectivity index (χ3n) is 3.15. The van der Waals surface area contributed by atoms with Gasteiger partial charge in [0.15, 0.2) is 0 Å². The Morgan fingerprint density at radius 2 is 2.53 bits per heavy atom. The van der Waals surface area contributed by atoms with E-state index in [1.54, 1.807) is 7.11 Å². The molecule has 0 amide bonds. The van der Waals surface area contributed by atoms with Crippen LogP contribution in [0.4, 0.5) is 5.95 Å². The lowest BCUT2D eigenvalue weighted by Crippen LogP contribution is -2.28. The van der Waals surface area contributed by atoms with Crippen molar-refractivity contribution in [1.82, 2.24) is 9.55 Å². The summed E-state index contributed by atoms with van der Waals surface area (Å²) in [6, 6.07) is 0.374. The average molecular weight is 239 g/mol. The fourth-order valence-electron chi connectivity index (χ4n) is 2.10. The lowest BCUT2D eigenvalue weighted by molar-refractivity contribution is 0.121. The number of hydrogen-bond donors (Lipinski definition) is 1. The minimum atomic E-state index is 0.263. The van der Waals surface area contributed by atoms with E-state index >= 15 is 0 Å². The molecule has 2 rings (SSSR count). The quantitative estimate of drug-likeness (QED) is 0.764. The molecular formula is C12H21N3O2. The van der Waals surface area contributed by atoms with Crippen LogP contribution in [0.5, 0.6) is 0 Å². The Kier molecular flexibility index (Phi) is 4.39. The zero-order valence-corrected chi connectivity index (χ0v) is 10.6. The highest BCUT2D eigenvalue weighted by Gasteiger charge is 2.24. The van der Waals surface area contributed by atoms with E-state index in [0.29, 0.717) is 6.04 Å². The van der Waals surface area contributed by atoms with Crippen LogP contribution in [0.2, 0.25) is 0 Å². The number of nitrogens with one attached hydrogen (secondary N) is 1. The molecule has 1 saturated heterocycles. The molecule has 1 aromatic rings. The second kappa shape index (κ2) is 6.02. The molecular weight excluding hydrogens is 218 g/mol. The minimum absolute atomic E-state index is 0.263. The van der Waals surface area contributed by atoms with E-state index in [-0.39, 0.29) is 6.10 Å². The monoisotopic (exact) mass is 239 g/mol. The van der Waals surface area contributed by atoms with Crippen molar-refractivity contribution >= 4 is 5.95 Å². The van der Waals surface area contributed by atoms with Crippen molar-refractivity contribution in [2.75, 3.05) is 25.6 Å². The molecule has 0 aromatic carbocycles. The first kappa shape index (κ1) is 12.4. The van der Waals surface area contributed by atoms with Crippen LogP contribution < -0.4 is 5.32 Å². The molecule has 1 aliphatic heterocycles. The smallest absolute Gasteiger partial charge is 0.203 e. The Balaban J connectivity index is 1.89. The molecule has 1 aromatic heterocycles. The van der Waals surface area contributed by atoms with Gasteiger partial charge in [0, 0.05) is 39.3 Å². The molecule has 0 aliphatic carbocycles. The number of hydrogen-bond acceptors (Lipinski definition) is 4. The third-order valence-corrected chi connectivity index (χ3v) is 3.15. The summed E-state index contributed by atoms with van der Waals surface area (Å²) < 4.78 is 12.7. The normalized spacial score (nSPS) is 24.1. The van der Waals surface area contributed by atoms with Crippen LogP contribution in [0.1, 0.15) is 19.8 Å². The number of methoxy groups -OCH3 is 1. The maximum atomic E-state index is 5.53. The molecule has 1 aliphatic rings. The first-order chi connectivity index (χ1) is 8.31. The predicted molar refractivity (Wildman–Crippen MR) is 66.2 cm³/mol. The van der Waals surface area contributed by atoms with Gasteiger partial charge in [0.25, 0.3) is 0 Å². The van der Waals surface area contributed by atoms with E-state index in [9.17, 15) is 0 Å². The first-order valence-electron chi connectivity index (χ1n) is 6.19. The largest absolute Gasteiger partial charge is 0.385 e. The molecule has 5 nitrogen and oxygen atoms in total. The molecule has 2 unspecified atom stereocenters. The van der Waals surface area contributed by atoms with Gasteiger partial charge in [0.05, 0.1) is 12.1 Å². The molecule has 0 saturated carbocycles. The van der Waals surface area contributed by atoms with Gasteiger partial charge in [-0.1, -0.05) is 0 Å². The maximum absolute atomic E-state index is 5.53. The molecule has 96 valence electrons. The van der Waals surface area contributed by atoms with Gasteiger partial charge in [0.2, 0.25) is 5.95 Å². The Labute approximate surface area is 102 Å². The Bertz CT molecular complexity index is 340. The van der Waals surface area contributed by atoms with E-state index in [4.69, 9.17) is 9.47 Å². The number of rotatable bonds is 6. The van der Waals surface area contributed by atoms with Crippen molar-refractivity contribution in [3.8, 4) is 0 Å². The van der Waals surface area contributed by atoms with Crippen LogP contribution in [0.15, 0.2) is 12.4 Å². The molecule has 0 spiro atoms. The van der Waals surface area contributed by atoms with Crippen LogP contribution in [-0.4, -0.2) is 42.0 Å². The van der Waals surface area contributed by atoms with E-state index in [2.05, 4.69) is 21.8 Å². The SMILES string of the molecule is COCCCn1ccnc1NC1CCOC1C. The molecule has 1 fully saturated rings. The molecule has 17 heavy (non-hydrogen) atoms. The highest BCUT2D eigenvalue weighted by molar-refractivity contribution is 5.28. The van der Waals surface area contributed by atoms with Crippen LogP contribution >= 0.6 is 0 Å². The highest BCUT2D eigenvalue weighted by Crippen LogP contribution is 2.17. The minimum Gasteiger partial charge on any atom is -0.385 e. The van der Waals surface area contributed by atoms with Gasteiger partial charge in [-0.25, -0.2) is 4.98 Å². The Morgan fingerprint density at radius 3 is 3.24 bits per heavy atom. The molecule has 2 heterocycles. The zero-order chi connectivity index (χ0) is 12.1. The maximum Gasteiger partial charge on any atom is 0.203 e. The van der Waals surface area contributed by atoms with E-state index in [0.717, 1.165) is 38.5 Å². The van der Waals surface area contributed by atoms with E-state index in [1.165, 1.54) is 0 Å². The zero-order valence-electron chi connectivity index (χ0n) is 10.6. The second-order valence-electron chi connectivity index (χ2n) is 4.41. The van der Waals surface area contributed by atoms with Gasteiger partial charge in [-0.15, -0.1) is 0 Å². The van der Waals surface area contributed by atoms with Crippen LogP contribution in [-0.2, 0) is 16.0 Å². The van der Waals surface area contributed by atoms with Crippen LogP contribution in [0.3, 0.4) is 0 Å². The predicted octanol–water partition coefficient (Wildman–Crippen LogP) is 1.51. The Morgan fingerprint density at radius 1 is 1.65 bits per heavy atom. The summed E-state index contributed by atoms with van der Waals surface area (Å²) in [5.41, 5.74) is 0. The van der Waals surface area contributed by atoms with Gasteiger partial charge in [-0.3, -0.25) is 0 Å². The number of imidazole rings is 1. The highest BCUT2D eigenvalue weighted by atomic mass is 16.5. The number of ether oxygens (including phenoxy) is 2. The first-order valence-corrected chi connectivity index (χ1v) is 6.19. The van der Waals surface area contributed by atoms with Crippen molar-refractivity contribution in [3.05, 3.63) is 12.4 Å². The number of nitrogens with zero attached hydrogens (tertiary/aromatic N) is 2. The summed E-state index contributed by atoms with van der Waals surface area (Å²) in [6.07, 6.45) is 6.14. The summed E-state index contributed by atoms with van der Waals surface area (Å²) in [7, 11) is 1.73. The lowest BCUT2D eigenvalue weighted by atomic mass is 10.2. The fourth-order valence-corrected chi connectivity index (χ4v) is 2.10. The van der Waals surface area contributed by atoms with Gasteiger partial charge >= 0.3 is 0 Å². The summed E-state index contributed by atoms with van der Waals surface area (Å²) in [5, 5.41) is 3.45. The fraction of sp³-hybridized carbons (Fsp3) is 0.750. The number of aromatic nitrogens is 2. The molecule has 0 bridgehead atoms. The van der Waals surface area contributed by atoms with Gasteiger partial charge in [-0.05, 0) is 19.8 Å². The van der Waals surface area contributed by atoms with Crippen molar-refractivity contribution in [3.63, 3.8) is 0 Å². The topological polar surface area (TPSA) is 48.3 Å². The third kappa shape index (κ3) is 3.20. The molecule has 0 radical (unpaired) electrons. The summed E-state index contributed by atoms with van der Waals surface area (Å²) in [6.45, 7) is 4.64. The van der Waals surface area contributed by atoms with Crippen molar-refractivity contribution in [2.45, 2.75) is 38.5 Å². The summed E-state index contributed by atoms with van der Waals surface area (Å²) in [4.78, 5) is 4.35. The summed E-state index contributed by atoms with van der Waals surface area (Å²) >= 11 is 0. The molecule has 1 N–H and O–H groups in total. The molecule has 5 heteroatoms. The Hall–Kier alpha value is -1.07. The van der Waals surface area contributed by atoms with Gasteiger partial charge in [-0.2, -0.15) is 0 Å². The van der Waals surface area contributed by atoms with Gasteiger partial charge in [0.1, 0.15) is 0 Å². The lowest BCUT2D eigenvalue weighted by Gasteiger charge is -2.17. The van der Waals surface area contributed by atoms with Crippen molar-refractivity contribution in [1.29, 1.82) is 0 Å². The van der Waals surface area contributed by atoms with Gasteiger partial charge < -0.3 is 19.4 Å². The summed E-state index contributed by atoms with van der Waals surface area (Å²) in [5.74, 6) is 0.934. The van der Waals surface area contributed by atoms with Crippen molar-refractivity contribution < 1.29 is 9.47 Å².